The molecule has 1 atom stereocenters. The molecule has 0 radical (unpaired) electrons. The Hall–Kier alpha value is -1.11. The second-order valence-electron chi connectivity index (χ2n) is 6.85. The lowest BCUT2D eigenvalue weighted by atomic mass is 10.0. The van der Waals surface area contributed by atoms with Gasteiger partial charge in [0.25, 0.3) is 0 Å². The highest BCUT2D eigenvalue weighted by Crippen LogP contribution is 2.23. The number of thiophene rings is 1. The summed E-state index contributed by atoms with van der Waals surface area (Å²) >= 11 is 1.89. The van der Waals surface area contributed by atoms with Crippen LogP contribution in [0.4, 0.5) is 0 Å². The Bertz CT molecular complexity index is 529. The summed E-state index contributed by atoms with van der Waals surface area (Å²) < 4.78 is 5.80. The molecular weight excluding hydrogens is 332 g/mol. The Morgan fingerprint density at radius 1 is 1.36 bits per heavy atom. The van der Waals surface area contributed by atoms with Gasteiger partial charge < -0.3 is 15.4 Å². The molecule has 1 unspecified atom stereocenters. The van der Waals surface area contributed by atoms with Gasteiger partial charge in [0.05, 0.1) is 6.10 Å². The van der Waals surface area contributed by atoms with Gasteiger partial charge in [0.1, 0.15) is 0 Å². The number of fused-ring (bicyclic) bond motifs is 1. The first-order valence-corrected chi connectivity index (χ1v) is 10.4. The van der Waals surface area contributed by atoms with Crippen LogP contribution in [0.5, 0.6) is 0 Å². The Morgan fingerprint density at radius 2 is 2.16 bits per heavy atom. The maximum absolute atomic E-state index is 5.80. The van der Waals surface area contributed by atoms with Crippen LogP contribution in [0.25, 0.3) is 0 Å². The zero-order valence-corrected chi connectivity index (χ0v) is 17.0. The first kappa shape index (κ1) is 20.2. The van der Waals surface area contributed by atoms with Crippen LogP contribution in [0.15, 0.2) is 16.4 Å². The lowest BCUT2D eigenvalue weighted by Crippen LogP contribution is -2.43. The molecular formula is C19H34N4OS. The highest BCUT2D eigenvalue weighted by atomic mass is 32.1. The number of nitrogens with zero attached hydrogens (tertiary/aromatic N) is 2. The van der Waals surface area contributed by atoms with Crippen molar-refractivity contribution in [2.24, 2.45) is 10.9 Å². The molecule has 1 aliphatic heterocycles. The second-order valence-corrected chi connectivity index (χ2v) is 7.85. The summed E-state index contributed by atoms with van der Waals surface area (Å²) in [6.07, 6.45) is 2.50. The molecule has 0 spiro atoms. The van der Waals surface area contributed by atoms with Gasteiger partial charge in [-0.2, -0.15) is 0 Å². The average Bonchev–Trinajstić information content (AvgIpc) is 3.07. The molecule has 2 N–H and O–H groups in total. The number of hydrogen-bond acceptors (Lipinski definition) is 4. The highest BCUT2D eigenvalue weighted by molar-refractivity contribution is 7.10. The predicted octanol–water partition coefficient (Wildman–Crippen LogP) is 2.72. The fourth-order valence-electron chi connectivity index (χ4n) is 3.21. The second kappa shape index (κ2) is 10.8. The molecule has 5 nitrogen and oxygen atoms in total. The van der Waals surface area contributed by atoms with E-state index in [1.165, 1.54) is 12.0 Å². The van der Waals surface area contributed by atoms with Crippen LogP contribution in [0, 0.1) is 5.92 Å². The van der Waals surface area contributed by atoms with Crippen molar-refractivity contribution in [3.8, 4) is 0 Å². The zero-order chi connectivity index (χ0) is 18.1. The van der Waals surface area contributed by atoms with Crippen molar-refractivity contribution in [2.45, 2.75) is 46.3 Å². The van der Waals surface area contributed by atoms with E-state index in [9.17, 15) is 0 Å². The van der Waals surface area contributed by atoms with Crippen molar-refractivity contribution in [3.63, 3.8) is 0 Å². The summed E-state index contributed by atoms with van der Waals surface area (Å²) in [5, 5.41) is 9.05. The minimum atomic E-state index is 0.309. The largest absolute Gasteiger partial charge is 0.378 e. The van der Waals surface area contributed by atoms with Crippen LogP contribution in [-0.2, 0) is 17.7 Å². The molecule has 1 aromatic rings. The molecule has 0 amide bonds. The van der Waals surface area contributed by atoms with Gasteiger partial charge in [-0.05, 0) is 42.7 Å². The van der Waals surface area contributed by atoms with Crippen LogP contribution in [-0.4, -0.2) is 56.8 Å². The molecule has 0 saturated carbocycles. The van der Waals surface area contributed by atoms with Crippen LogP contribution < -0.4 is 10.6 Å². The molecule has 0 fully saturated rings. The molecule has 2 heterocycles. The van der Waals surface area contributed by atoms with E-state index in [1.807, 2.05) is 18.4 Å². The lowest BCUT2D eigenvalue weighted by Gasteiger charge is -2.27. The monoisotopic (exact) mass is 366 g/mol. The maximum Gasteiger partial charge on any atom is 0.191 e. The summed E-state index contributed by atoms with van der Waals surface area (Å²) in [4.78, 5) is 8.40. The molecule has 1 aliphatic rings. The summed E-state index contributed by atoms with van der Waals surface area (Å²) in [7, 11) is 1.83. The van der Waals surface area contributed by atoms with Crippen molar-refractivity contribution in [1.29, 1.82) is 0 Å². The number of guanidine groups is 1. The highest BCUT2D eigenvalue weighted by Gasteiger charge is 2.17. The zero-order valence-electron chi connectivity index (χ0n) is 16.2. The normalized spacial score (nSPS) is 16.8. The molecule has 1 aromatic heterocycles. The SMILES string of the molecule is CCOC(CCNC(=NC)NCCN1CCc2sccc2C1)C(C)C. The molecule has 2 rings (SSSR count). The Morgan fingerprint density at radius 3 is 2.88 bits per heavy atom. The van der Waals surface area contributed by atoms with Gasteiger partial charge in [0.2, 0.25) is 0 Å². The van der Waals surface area contributed by atoms with Crippen molar-refractivity contribution in [3.05, 3.63) is 21.9 Å². The Labute approximate surface area is 156 Å². The molecule has 0 bridgehead atoms. The molecule has 6 heteroatoms. The number of aliphatic imine (C=N–C) groups is 1. The van der Waals surface area contributed by atoms with Gasteiger partial charge in [-0.1, -0.05) is 13.8 Å². The van der Waals surface area contributed by atoms with E-state index < -0.39 is 0 Å². The van der Waals surface area contributed by atoms with Crippen molar-refractivity contribution in [2.75, 3.05) is 39.8 Å². The van der Waals surface area contributed by atoms with Crippen LogP contribution in [0.3, 0.4) is 0 Å². The van der Waals surface area contributed by atoms with Crippen LogP contribution in [0.1, 0.15) is 37.6 Å². The number of rotatable bonds is 9. The van der Waals surface area contributed by atoms with Gasteiger partial charge in [-0.3, -0.25) is 9.89 Å². The van der Waals surface area contributed by atoms with E-state index in [-0.39, 0.29) is 0 Å². The first-order chi connectivity index (χ1) is 12.1. The van der Waals surface area contributed by atoms with Crippen molar-refractivity contribution >= 4 is 17.3 Å². The molecule has 142 valence electrons. The van der Waals surface area contributed by atoms with E-state index in [4.69, 9.17) is 4.74 Å². The number of nitrogens with one attached hydrogen (secondary N) is 2. The van der Waals surface area contributed by atoms with Gasteiger partial charge in [0, 0.05) is 51.3 Å². The average molecular weight is 367 g/mol. The van der Waals surface area contributed by atoms with Crippen LogP contribution in [0.2, 0.25) is 0 Å². The maximum atomic E-state index is 5.80. The van der Waals surface area contributed by atoms with E-state index in [0.29, 0.717) is 12.0 Å². The standard InChI is InChI=1S/C19H34N4OS/c1-5-24-17(15(2)3)6-9-21-19(20-4)22-10-12-23-11-7-18-16(14-23)8-13-25-18/h8,13,15,17H,5-7,9-12,14H2,1-4H3,(H2,20,21,22). The third kappa shape index (κ3) is 6.60. The quantitative estimate of drug-likeness (QED) is 0.521. The van der Waals surface area contributed by atoms with E-state index in [2.05, 4.69) is 52.7 Å². The van der Waals surface area contributed by atoms with Gasteiger partial charge in [0.15, 0.2) is 5.96 Å². The minimum Gasteiger partial charge on any atom is -0.378 e. The van der Waals surface area contributed by atoms with E-state index in [1.54, 1.807) is 4.88 Å². The topological polar surface area (TPSA) is 48.9 Å². The lowest BCUT2D eigenvalue weighted by molar-refractivity contribution is 0.0258. The predicted molar refractivity (Wildman–Crippen MR) is 108 cm³/mol. The fourth-order valence-corrected chi connectivity index (χ4v) is 4.10. The third-order valence-corrected chi connectivity index (χ3v) is 5.70. The van der Waals surface area contributed by atoms with Gasteiger partial charge in [-0.15, -0.1) is 11.3 Å². The first-order valence-electron chi connectivity index (χ1n) is 9.47. The molecule has 0 aromatic carbocycles. The molecule has 25 heavy (non-hydrogen) atoms. The van der Waals surface area contributed by atoms with E-state index >= 15 is 0 Å². The summed E-state index contributed by atoms with van der Waals surface area (Å²) in [6.45, 7) is 12.3. The molecule has 0 aliphatic carbocycles. The smallest absolute Gasteiger partial charge is 0.191 e. The van der Waals surface area contributed by atoms with Gasteiger partial charge >= 0.3 is 0 Å². The Kier molecular flexibility index (Phi) is 8.72. The number of hydrogen-bond donors (Lipinski definition) is 2. The fraction of sp³-hybridized carbons (Fsp3) is 0.737. The Balaban J connectivity index is 1.64. The van der Waals surface area contributed by atoms with Crippen LogP contribution >= 0.6 is 11.3 Å². The van der Waals surface area contributed by atoms with Crippen molar-refractivity contribution in [1.82, 2.24) is 15.5 Å². The minimum absolute atomic E-state index is 0.309. The number of ether oxygens (including phenoxy) is 1. The van der Waals surface area contributed by atoms with Gasteiger partial charge in [-0.25, -0.2) is 0 Å². The molecule has 0 saturated heterocycles. The summed E-state index contributed by atoms with van der Waals surface area (Å²) in [5.74, 6) is 1.42. The van der Waals surface area contributed by atoms with E-state index in [0.717, 1.165) is 51.7 Å². The summed E-state index contributed by atoms with van der Waals surface area (Å²) in [6, 6.07) is 2.27. The van der Waals surface area contributed by atoms with Crippen molar-refractivity contribution < 1.29 is 4.74 Å². The third-order valence-electron chi connectivity index (χ3n) is 4.68. The summed E-state index contributed by atoms with van der Waals surface area (Å²) in [5.41, 5.74) is 1.51.